The molecule has 0 radical (unpaired) electrons. The Morgan fingerprint density at radius 1 is 1.00 bits per heavy atom. The molecule has 4 rings (SSSR count). The van der Waals surface area contributed by atoms with Gasteiger partial charge in [-0.15, -0.1) is 0 Å². The van der Waals surface area contributed by atoms with Crippen molar-refractivity contribution in [3.05, 3.63) is 106 Å². The number of aryl methyl sites for hydroxylation is 1. The van der Waals surface area contributed by atoms with Crippen molar-refractivity contribution in [2.45, 2.75) is 18.9 Å². The number of hydrogen-bond donors (Lipinski definition) is 1. The molecule has 8 heteroatoms. The van der Waals surface area contributed by atoms with Crippen LogP contribution in [0.1, 0.15) is 27.9 Å². The molecule has 0 aliphatic carbocycles. The molecule has 0 spiro atoms. The third-order valence-electron chi connectivity index (χ3n) is 5.61. The monoisotopic (exact) mass is 508 g/mol. The second-order valence-electron chi connectivity index (χ2n) is 7.98. The molecule has 1 aliphatic heterocycles. The number of ether oxygens (including phenoxy) is 1. The van der Waals surface area contributed by atoms with Gasteiger partial charge in [0.05, 0.1) is 11.3 Å². The van der Waals surface area contributed by atoms with Crippen molar-refractivity contribution in [2.75, 3.05) is 11.9 Å². The standard InChI is InChI=1S/C27H22Cl2N2O4/c1-31-23-10-6-5-9-20(23)24(35-27(34)18-7-3-2-4-8-18)16-22(26(31)33)30-25(32)14-12-17-11-13-19(28)15-21(17)29/h2-11,13,15-16,22H,12,14H2,1H3,(H,30,32). The molecule has 3 aromatic rings. The number of nitrogens with one attached hydrogen (secondary N) is 1. The van der Waals surface area contributed by atoms with Crippen molar-refractivity contribution in [1.29, 1.82) is 0 Å². The molecular formula is C27H22Cl2N2O4. The van der Waals surface area contributed by atoms with E-state index in [9.17, 15) is 14.4 Å². The molecule has 35 heavy (non-hydrogen) atoms. The Hall–Kier alpha value is -3.61. The van der Waals surface area contributed by atoms with E-state index < -0.39 is 12.0 Å². The summed E-state index contributed by atoms with van der Waals surface area (Å²) in [4.78, 5) is 40.2. The molecule has 3 aromatic carbocycles. The number of anilines is 1. The van der Waals surface area contributed by atoms with E-state index in [0.717, 1.165) is 5.56 Å². The third kappa shape index (κ3) is 5.73. The summed E-state index contributed by atoms with van der Waals surface area (Å²) in [6.45, 7) is 0. The largest absolute Gasteiger partial charge is 0.422 e. The highest BCUT2D eigenvalue weighted by atomic mass is 35.5. The Bertz CT molecular complexity index is 1310. The van der Waals surface area contributed by atoms with Crippen LogP contribution in [0.15, 0.2) is 78.9 Å². The van der Waals surface area contributed by atoms with Crippen molar-refractivity contribution in [3.63, 3.8) is 0 Å². The van der Waals surface area contributed by atoms with E-state index in [1.54, 1.807) is 79.8 Å². The summed E-state index contributed by atoms with van der Waals surface area (Å²) in [5.74, 6) is -1.08. The van der Waals surface area contributed by atoms with Gasteiger partial charge in [0, 0.05) is 29.1 Å². The van der Waals surface area contributed by atoms with Crippen LogP contribution in [-0.2, 0) is 20.7 Å². The molecule has 2 amide bonds. The van der Waals surface area contributed by atoms with E-state index in [4.69, 9.17) is 27.9 Å². The van der Waals surface area contributed by atoms with Crippen molar-refractivity contribution in [2.24, 2.45) is 0 Å². The minimum absolute atomic E-state index is 0.106. The number of para-hydroxylation sites is 1. The molecule has 0 bridgehead atoms. The van der Waals surface area contributed by atoms with Crippen LogP contribution in [0.2, 0.25) is 10.0 Å². The fourth-order valence-corrected chi connectivity index (χ4v) is 4.26. The molecule has 1 N–H and O–H groups in total. The van der Waals surface area contributed by atoms with E-state index in [1.165, 1.54) is 11.0 Å². The molecule has 0 saturated heterocycles. The Morgan fingerprint density at radius 3 is 2.46 bits per heavy atom. The quantitative estimate of drug-likeness (QED) is 0.459. The topological polar surface area (TPSA) is 75.7 Å². The van der Waals surface area contributed by atoms with Crippen LogP contribution in [0.4, 0.5) is 5.69 Å². The molecular weight excluding hydrogens is 487 g/mol. The zero-order valence-corrected chi connectivity index (χ0v) is 20.3. The molecule has 1 heterocycles. The van der Waals surface area contributed by atoms with Crippen molar-refractivity contribution < 1.29 is 19.1 Å². The number of nitrogens with zero attached hydrogens (tertiary/aromatic N) is 1. The smallest absolute Gasteiger partial charge is 0.343 e. The maximum absolute atomic E-state index is 13.2. The number of likely N-dealkylation sites (N-methyl/N-ethyl adjacent to an activating group) is 1. The number of carbonyl (C=O) groups is 3. The summed E-state index contributed by atoms with van der Waals surface area (Å²) in [7, 11) is 1.61. The van der Waals surface area contributed by atoms with Gasteiger partial charge in [-0.3, -0.25) is 9.59 Å². The van der Waals surface area contributed by atoms with Crippen molar-refractivity contribution in [3.8, 4) is 0 Å². The van der Waals surface area contributed by atoms with Gasteiger partial charge < -0.3 is 15.0 Å². The maximum Gasteiger partial charge on any atom is 0.343 e. The van der Waals surface area contributed by atoms with E-state index in [-0.39, 0.29) is 24.0 Å². The van der Waals surface area contributed by atoms with Crippen LogP contribution >= 0.6 is 23.2 Å². The SMILES string of the molecule is CN1C(=O)C(NC(=O)CCc2ccc(Cl)cc2Cl)C=C(OC(=O)c2ccccc2)c2ccccc21. The lowest BCUT2D eigenvalue weighted by atomic mass is 10.1. The average Bonchev–Trinajstić information content (AvgIpc) is 2.95. The summed E-state index contributed by atoms with van der Waals surface area (Å²) in [6, 6.07) is 19.7. The van der Waals surface area contributed by atoms with Crippen LogP contribution in [0.25, 0.3) is 5.76 Å². The van der Waals surface area contributed by atoms with Gasteiger partial charge in [0.15, 0.2) is 0 Å². The first-order valence-corrected chi connectivity index (χ1v) is 11.7. The fourth-order valence-electron chi connectivity index (χ4n) is 3.76. The van der Waals surface area contributed by atoms with E-state index >= 15 is 0 Å². The fraction of sp³-hybridized carbons (Fsp3) is 0.148. The highest BCUT2D eigenvalue weighted by Crippen LogP contribution is 2.32. The van der Waals surface area contributed by atoms with Crippen LogP contribution in [0.5, 0.6) is 0 Å². The highest BCUT2D eigenvalue weighted by Gasteiger charge is 2.30. The number of halogens is 2. The van der Waals surface area contributed by atoms with E-state index in [2.05, 4.69) is 5.32 Å². The first kappa shape index (κ1) is 24.5. The predicted molar refractivity (Wildman–Crippen MR) is 136 cm³/mol. The molecule has 1 atom stereocenters. The maximum atomic E-state index is 13.2. The second-order valence-corrected chi connectivity index (χ2v) is 8.83. The number of benzene rings is 3. The molecule has 6 nitrogen and oxygen atoms in total. The van der Waals surface area contributed by atoms with Crippen LogP contribution in [-0.4, -0.2) is 30.9 Å². The number of amides is 2. The van der Waals surface area contributed by atoms with Gasteiger partial charge in [0.25, 0.3) is 5.91 Å². The molecule has 1 aliphatic rings. The minimum atomic E-state index is -1.03. The average molecular weight is 509 g/mol. The summed E-state index contributed by atoms with van der Waals surface area (Å²) in [5.41, 5.74) is 2.28. The van der Waals surface area contributed by atoms with Crippen LogP contribution in [0, 0.1) is 0 Å². The predicted octanol–water partition coefficient (Wildman–Crippen LogP) is 5.29. The number of carbonyl (C=O) groups excluding carboxylic acids is 3. The van der Waals surface area contributed by atoms with Gasteiger partial charge in [-0.05, 0) is 54.5 Å². The van der Waals surface area contributed by atoms with E-state index in [0.29, 0.717) is 33.3 Å². The summed E-state index contributed by atoms with van der Waals surface area (Å²) >= 11 is 12.1. The normalized spacial score (nSPS) is 15.1. The minimum Gasteiger partial charge on any atom is -0.422 e. The first-order chi connectivity index (χ1) is 16.8. The van der Waals surface area contributed by atoms with Gasteiger partial charge >= 0.3 is 5.97 Å². The highest BCUT2D eigenvalue weighted by molar-refractivity contribution is 6.35. The van der Waals surface area contributed by atoms with Crippen LogP contribution < -0.4 is 10.2 Å². The molecule has 178 valence electrons. The Kier molecular flexibility index (Phi) is 7.54. The van der Waals surface area contributed by atoms with Gasteiger partial charge in [-0.1, -0.05) is 59.6 Å². The Morgan fingerprint density at radius 2 is 1.71 bits per heavy atom. The zero-order valence-electron chi connectivity index (χ0n) is 18.8. The molecule has 0 aromatic heterocycles. The summed E-state index contributed by atoms with van der Waals surface area (Å²) in [6.07, 6.45) is 1.95. The molecule has 0 saturated carbocycles. The first-order valence-electron chi connectivity index (χ1n) is 10.9. The lowest BCUT2D eigenvalue weighted by Gasteiger charge is -2.21. The van der Waals surface area contributed by atoms with Gasteiger partial charge in [-0.2, -0.15) is 0 Å². The molecule has 0 fully saturated rings. The summed E-state index contributed by atoms with van der Waals surface area (Å²) < 4.78 is 5.71. The van der Waals surface area contributed by atoms with Gasteiger partial charge in [0.1, 0.15) is 11.8 Å². The van der Waals surface area contributed by atoms with E-state index in [1.807, 2.05) is 0 Å². The zero-order chi connectivity index (χ0) is 24.9. The third-order valence-corrected chi connectivity index (χ3v) is 6.20. The second kappa shape index (κ2) is 10.8. The number of hydrogen-bond acceptors (Lipinski definition) is 4. The number of rotatable bonds is 6. The Balaban J connectivity index is 1.57. The number of fused-ring (bicyclic) bond motifs is 1. The number of esters is 1. The van der Waals surface area contributed by atoms with Gasteiger partial charge in [-0.25, -0.2) is 4.79 Å². The lowest BCUT2D eigenvalue weighted by Crippen LogP contribution is -2.46. The Labute approximate surface area is 213 Å². The lowest BCUT2D eigenvalue weighted by molar-refractivity contribution is -0.126. The van der Waals surface area contributed by atoms with Crippen molar-refractivity contribution >= 4 is 52.4 Å². The van der Waals surface area contributed by atoms with Crippen LogP contribution in [0.3, 0.4) is 0 Å². The van der Waals surface area contributed by atoms with Gasteiger partial charge in [0.2, 0.25) is 5.91 Å². The van der Waals surface area contributed by atoms with Crippen molar-refractivity contribution in [1.82, 2.24) is 5.32 Å². The molecule has 1 unspecified atom stereocenters. The summed E-state index contributed by atoms with van der Waals surface area (Å²) in [5, 5.41) is 3.74.